The van der Waals surface area contributed by atoms with E-state index in [1.807, 2.05) is 11.3 Å². The molecule has 1 aromatic heterocycles. The van der Waals surface area contributed by atoms with Crippen molar-refractivity contribution in [2.45, 2.75) is 31.7 Å². The zero-order valence-corrected chi connectivity index (χ0v) is 10.9. The number of nitrogens with zero attached hydrogens (tertiary/aromatic N) is 1. The maximum Gasteiger partial charge on any atom is 0.0561 e. The standard InChI is InChI=1S/C13H22N2S/c1-15(10-11-5-2-3-6-11)12(9-14)13-7-4-8-16-13/h4,7-8,11-12H,2-3,5-6,9-10,14H2,1H3. The molecule has 1 unspecified atom stereocenters. The van der Waals surface area contributed by atoms with Gasteiger partial charge in [0.1, 0.15) is 0 Å². The summed E-state index contributed by atoms with van der Waals surface area (Å²) < 4.78 is 0. The first kappa shape index (κ1) is 12.1. The third-order valence-corrected chi connectivity index (χ3v) is 4.62. The van der Waals surface area contributed by atoms with Gasteiger partial charge in [0.25, 0.3) is 0 Å². The average Bonchev–Trinajstić information content (AvgIpc) is 2.91. The number of nitrogens with two attached hydrogens (primary N) is 1. The topological polar surface area (TPSA) is 29.3 Å². The minimum Gasteiger partial charge on any atom is -0.329 e. The van der Waals surface area contributed by atoms with Gasteiger partial charge in [0.05, 0.1) is 6.04 Å². The molecule has 2 rings (SSSR count). The summed E-state index contributed by atoms with van der Waals surface area (Å²) in [4.78, 5) is 3.85. The molecule has 1 heterocycles. The smallest absolute Gasteiger partial charge is 0.0561 e. The Morgan fingerprint density at radius 3 is 2.81 bits per heavy atom. The summed E-state index contributed by atoms with van der Waals surface area (Å²) in [6.07, 6.45) is 5.66. The van der Waals surface area contributed by atoms with Gasteiger partial charge in [-0.1, -0.05) is 18.9 Å². The average molecular weight is 238 g/mol. The molecule has 0 bridgehead atoms. The zero-order valence-electron chi connectivity index (χ0n) is 10.1. The van der Waals surface area contributed by atoms with E-state index in [9.17, 15) is 0 Å². The molecule has 0 saturated heterocycles. The lowest BCUT2D eigenvalue weighted by atomic mass is 10.1. The molecular formula is C13H22N2S. The Labute approximate surface area is 102 Å². The van der Waals surface area contributed by atoms with Gasteiger partial charge >= 0.3 is 0 Å². The van der Waals surface area contributed by atoms with Crippen LogP contribution in [0.1, 0.15) is 36.6 Å². The van der Waals surface area contributed by atoms with Crippen LogP contribution in [0.25, 0.3) is 0 Å². The van der Waals surface area contributed by atoms with Crippen LogP contribution in [0.3, 0.4) is 0 Å². The normalized spacial score (nSPS) is 19.4. The van der Waals surface area contributed by atoms with E-state index in [-0.39, 0.29) is 0 Å². The maximum absolute atomic E-state index is 5.90. The molecule has 16 heavy (non-hydrogen) atoms. The van der Waals surface area contributed by atoms with Crippen LogP contribution in [0.15, 0.2) is 17.5 Å². The van der Waals surface area contributed by atoms with Crippen molar-refractivity contribution in [3.63, 3.8) is 0 Å². The molecule has 0 amide bonds. The molecule has 1 aliphatic rings. The van der Waals surface area contributed by atoms with Crippen molar-refractivity contribution in [3.8, 4) is 0 Å². The molecule has 1 saturated carbocycles. The fourth-order valence-corrected chi connectivity index (χ4v) is 3.63. The monoisotopic (exact) mass is 238 g/mol. The molecule has 0 aromatic carbocycles. The minimum absolute atomic E-state index is 0.417. The highest BCUT2D eigenvalue weighted by Crippen LogP contribution is 2.29. The first-order valence-electron chi connectivity index (χ1n) is 6.25. The van der Waals surface area contributed by atoms with Gasteiger partial charge in [0.15, 0.2) is 0 Å². The second-order valence-corrected chi connectivity index (χ2v) is 5.84. The first-order valence-corrected chi connectivity index (χ1v) is 7.13. The van der Waals surface area contributed by atoms with E-state index in [1.54, 1.807) is 0 Å². The molecule has 0 radical (unpaired) electrons. The fraction of sp³-hybridized carbons (Fsp3) is 0.692. The molecular weight excluding hydrogens is 216 g/mol. The summed E-state index contributed by atoms with van der Waals surface area (Å²) in [5.41, 5.74) is 5.90. The lowest BCUT2D eigenvalue weighted by molar-refractivity contribution is 0.215. The van der Waals surface area contributed by atoms with Gasteiger partial charge in [-0.3, -0.25) is 4.90 Å². The highest BCUT2D eigenvalue weighted by Gasteiger charge is 2.22. The summed E-state index contributed by atoms with van der Waals surface area (Å²) in [6.45, 7) is 1.93. The van der Waals surface area contributed by atoms with Gasteiger partial charge in [-0.05, 0) is 37.3 Å². The van der Waals surface area contributed by atoms with Crippen LogP contribution in [-0.4, -0.2) is 25.0 Å². The Morgan fingerprint density at radius 1 is 1.50 bits per heavy atom. The Balaban J connectivity index is 1.93. The highest BCUT2D eigenvalue weighted by molar-refractivity contribution is 7.10. The molecule has 3 heteroatoms. The van der Waals surface area contributed by atoms with Crippen molar-refractivity contribution >= 4 is 11.3 Å². The van der Waals surface area contributed by atoms with Crippen LogP contribution in [-0.2, 0) is 0 Å². The Kier molecular flexibility index (Phi) is 4.38. The predicted molar refractivity (Wildman–Crippen MR) is 70.7 cm³/mol. The van der Waals surface area contributed by atoms with E-state index in [1.165, 1.54) is 37.1 Å². The van der Waals surface area contributed by atoms with E-state index in [0.29, 0.717) is 6.04 Å². The quantitative estimate of drug-likeness (QED) is 0.854. The molecule has 2 nitrogen and oxygen atoms in total. The second-order valence-electron chi connectivity index (χ2n) is 4.86. The molecule has 0 aliphatic heterocycles. The van der Waals surface area contributed by atoms with Gasteiger partial charge < -0.3 is 5.73 Å². The Morgan fingerprint density at radius 2 is 2.25 bits per heavy atom. The Bertz CT molecular complexity index is 291. The van der Waals surface area contributed by atoms with Crippen molar-refractivity contribution in [3.05, 3.63) is 22.4 Å². The number of rotatable bonds is 5. The summed E-state index contributed by atoms with van der Waals surface area (Å²) in [5, 5.41) is 2.14. The molecule has 0 spiro atoms. The van der Waals surface area contributed by atoms with E-state index in [0.717, 1.165) is 12.5 Å². The number of thiophene rings is 1. The summed E-state index contributed by atoms with van der Waals surface area (Å²) in [7, 11) is 2.22. The van der Waals surface area contributed by atoms with Crippen LogP contribution in [0.2, 0.25) is 0 Å². The van der Waals surface area contributed by atoms with Crippen molar-refractivity contribution in [1.82, 2.24) is 4.90 Å². The molecule has 1 aromatic rings. The maximum atomic E-state index is 5.90. The van der Waals surface area contributed by atoms with Gasteiger partial charge in [-0.2, -0.15) is 0 Å². The summed E-state index contributed by atoms with van der Waals surface area (Å²) >= 11 is 1.82. The van der Waals surface area contributed by atoms with Crippen LogP contribution < -0.4 is 5.73 Å². The second kappa shape index (κ2) is 5.80. The molecule has 1 aliphatic carbocycles. The van der Waals surface area contributed by atoms with Crippen molar-refractivity contribution in [2.75, 3.05) is 20.1 Å². The molecule has 2 N–H and O–H groups in total. The lowest BCUT2D eigenvalue weighted by Gasteiger charge is -2.28. The van der Waals surface area contributed by atoms with Crippen LogP contribution in [0.5, 0.6) is 0 Å². The molecule has 90 valence electrons. The van der Waals surface area contributed by atoms with Crippen molar-refractivity contribution in [1.29, 1.82) is 0 Å². The minimum atomic E-state index is 0.417. The third-order valence-electron chi connectivity index (χ3n) is 3.65. The van der Waals surface area contributed by atoms with Crippen LogP contribution >= 0.6 is 11.3 Å². The predicted octanol–water partition coefficient (Wildman–Crippen LogP) is 2.87. The van der Waals surface area contributed by atoms with E-state index in [2.05, 4.69) is 29.5 Å². The Hall–Kier alpha value is -0.380. The molecule has 1 fully saturated rings. The summed E-state index contributed by atoms with van der Waals surface area (Å²) in [5.74, 6) is 0.902. The number of hydrogen-bond donors (Lipinski definition) is 1. The van der Waals surface area contributed by atoms with Crippen LogP contribution in [0, 0.1) is 5.92 Å². The number of hydrogen-bond acceptors (Lipinski definition) is 3. The fourth-order valence-electron chi connectivity index (χ4n) is 2.72. The summed E-state index contributed by atoms with van der Waals surface area (Å²) in [6, 6.07) is 4.74. The van der Waals surface area contributed by atoms with Gasteiger partial charge in [0.2, 0.25) is 0 Å². The number of likely N-dealkylation sites (N-methyl/N-ethyl adjacent to an activating group) is 1. The van der Waals surface area contributed by atoms with Crippen LogP contribution in [0.4, 0.5) is 0 Å². The van der Waals surface area contributed by atoms with Gasteiger partial charge in [-0.25, -0.2) is 0 Å². The van der Waals surface area contributed by atoms with E-state index < -0.39 is 0 Å². The van der Waals surface area contributed by atoms with E-state index in [4.69, 9.17) is 5.73 Å². The van der Waals surface area contributed by atoms with Gasteiger partial charge in [-0.15, -0.1) is 11.3 Å². The highest BCUT2D eigenvalue weighted by atomic mass is 32.1. The van der Waals surface area contributed by atoms with E-state index >= 15 is 0 Å². The van der Waals surface area contributed by atoms with Crippen molar-refractivity contribution in [2.24, 2.45) is 11.7 Å². The lowest BCUT2D eigenvalue weighted by Crippen LogP contribution is -2.33. The third kappa shape index (κ3) is 2.84. The zero-order chi connectivity index (χ0) is 11.4. The van der Waals surface area contributed by atoms with Gasteiger partial charge in [0, 0.05) is 18.0 Å². The SMILES string of the molecule is CN(CC1CCCC1)C(CN)c1cccs1. The largest absolute Gasteiger partial charge is 0.329 e. The first-order chi connectivity index (χ1) is 7.81. The van der Waals surface area contributed by atoms with Crippen molar-refractivity contribution < 1.29 is 0 Å². The molecule has 1 atom stereocenters.